The van der Waals surface area contributed by atoms with Crippen LogP contribution in [0, 0.1) is 11.3 Å². The maximum atomic E-state index is 9.35. The lowest BCUT2D eigenvalue weighted by Gasteiger charge is -2.21. The molecule has 0 unspecified atom stereocenters. The van der Waals surface area contributed by atoms with Crippen LogP contribution in [-0.2, 0) is 0 Å². The molecule has 0 aromatic heterocycles. The van der Waals surface area contributed by atoms with Crippen LogP contribution in [-0.4, -0.2) is 0 Å². The molecule has 2 aromatic rings. The fourth-order valence-electron chi connectivity index (χ4n) is 3.20. The Bertz CT molecular complexity index is 1110. The summed E-state index contributed by atoms with van der Waals surface area (Å²) in [7, 11) is 0. The van der Waals surface area contributed by atoms with Crippen molar-refractivity contribution in [3.63, 3.8) is 0 Å². The Morgan fingerprint density at radius 1 is 1.04 bits per heavy atom. The van der Waals surface area contributed by atoms with Gasteiger partial charge in [-0.3, -0.25) is 0 Å². The van der Waals surface area contributed by atoms with Crippen molar-refractivity contribution in [2.24, 2.45) is 0 Å². The number of nitrogen functional groups attached to an aromatic ring is 1. The molecule has 132 valence electrons. The molecule has 2 aromatic carbocycles. The van der Waals surface area contributed by atoms with Gasteiger partial charge in [-0.1, -0.05) is 18.2 Å². The third-order valence-corrected chi connectivity index (χ3v) is 4.56. The molecule has 0 atom stereocenters. The van der Waals surface area contributed by atoms with Crippen molar-refractivity contribution in [1.82, 2.24) is 0 Å². The highest BCUT2D eigenvalue weighted by Crippen LogP contribution is 2.38. The average molecular weight is 354 g/mol. The summed E-state index contributed by atoms with van der Waals surface area (Å²) in [5.74, 6) is 2.72. The molecule has 0 fully saturated rings. The molecule has 2 aliphatic rings. The fraction of sp³-hybridized carbons (Fsp3) is 0.0870. The van der Waals surface area contributed by atoms with Crippen molar-refractivity contribution < 1.29 is 9.47 Å². The van der Waals surface area contributed by atoms with Crippen molar-refractivity contribution in [3.8, 4) is 17.6 Å². The summed E-state index contributed by atoms with van der Waals surface area (Å²) in [4.78, 5) is 0. The minimum atomic E-state index is 0.615. The van der Waals surface area contributed by atoms with Crippen molar-refractivity contribution >= 4 is 16.8 Å². The number of nitrogens with zero attached hydrogens (tertiary/aromatic N) is 1. The SMILES string of the molecule is CC1=C/C(=C\C2=CC(=C(/C)C#N)/c3ccccc3O2)Oc2cc(N)ccc21. The molecule has 4 rings (SSSR count). The Morgan fingerprint density at radius 2 is 1.85 bits per heavy atom. The lowest BCUT2D eigenvalue weighted by molar-refractivity contribution is 0.413. The van der Waals surface area contributed by atoms with E-state index in [1.54, 1.807) is 6.92 Å². The molecule has 0 spiro atoms. The van der Waals surface area contributed by atoms with E-state index in [-0.39, 0.29) is 0 Å². The largest absolute Gasteiger partial charge is 0.457 e. The molecule has 2 aliphatic heterocycles. The Balaban J connectivity index is 1.76. The molecule has 0 radical (unpaired) electrons. The van der Waals surface area contributed by atoms with Crippen LogP contribution in [0.5, 0.6) is 11.5 Å². The Kier molecular flexibility index (Phi) is 4.06. The maximum Gasteiger partial charge on any atom is 0.136 e. The van der Waals surface area contributed by atoms with Crippen LogP contribution in [0.4, 0.5) is 5.69 Å². The van der Waals surface area contributed by atoms with Gasteiger partial charge in [0, 0.05) is 40.1 Å². The molecule has 2 heterocycles. The summed E-state index contributed by atoms with van der Waals surface area (Å²) >= 11 is 0. The lowest BCUT2D eigenvalue weighted by atomic mass is 9.97. The topological polar surface area (TPSA) is 68.3 Å². The van der Waals surface area contributed by atoms with E-state index >= 15 is 0 Å². The number of fused-ring (bicyclic) bond motifs is 2. The van der Waals surface area contributed by atoms with E-state index in [4.69, 9.17) is 15.2 Å². The van der Waals surface area contributed by atoms with Gasteiger partial charge in [0.05, 0.1) is 6.07 Å². The molecule has 0 aliphatic carbocycles. The minimum Gasteiger partial charge on any atom is -0.457 e. The van der Waals surface area contributed by atoms with E-state index in [1.165, 1.54) is 0 Å². The molecule has 0 bridgehead atoms. The quantitative estimate of drug-likeness (QED) is 0.563. The van der Waals surface area contributed by atoms with Crippen LogP contribution >= 0.6 is 0 Å². The zero-order valence-corrected chi connectivity index (χ0v) is 15.1. The number of rotatable bonds is 1. The van der Waals surface area contributed by atoms with E-state index in [0.717, 1.165) is 33.8 Å². The maximum absolute atomic E-state index is 9.35. The third-order valence-electron chi connectivity index (χ3n) is 4.56. The summed E-state index contributed by atoms with van der Waals surface area (Å²) in [5, 5.41) is 9.35. The first-order valence-electron chi connectivity index (χ1n) is 8.63. The fourth-order valence-corrected chi connectivity index (χ4v) is 3.20. The number of allylic oxidation sites excluding steroid dienone is 6. The van der Waals surface area contributed by atoms with Crippen molar-refractivity contribution in [2.75, 3.05) is 5.73 Å². The Morgan fingerprint density at radius 3 is 2.67 bits per heavy atom. The van der Waals surface area contributed by atoms with Crippen molar-refractivity contribution in [3.05, 3.63) is 88.9 Å². The number of nitrogens with two attached hydrogens (primary N) is 1. The van der Waals surface area contributed by atoms with Crippen LogP contribution in [0.15, 0.2) is 77.8 Å². The van der Waals surface area contributed by atoms with Gasteiger partial charge < -0.3 is 15.2 Å². The molecule has 0 amide bonds. The smallest absolute Gasteiger partial charge is 0.136 e. The van der Waals surface area contributed by atoms with Gasteiger partial charge in [0.2, 0.25) is 0 Å². The zero-order valence-electron chi connectivity index (χ0n) is 15.1. The summed E-state index contributed by atoms with van der Waals surface area (Å²) in [5.41, 5.74) is 11.0. The molecule has 4 nitrogen and oxygen atoms in total. The number of nitriles is 1. The average Bonchev–Trinajstić information content (AvgIpc) is 2.66. The Hall–Kier alpha value is -3.71. The normalized spacial score (nSPS) is 18.2. The molecule has 0 saturated carbocycles. The highest BCUT2D eigenvalue weighted by molar-refractivity contribution is 5.84. The first kappa shape index (κ1) is 16.7. The summed E-state index contributed by atoms with van der Waals surface area (Å²) in [6.45, 7) is 3.83. The predicted octanol–water partition coefficient (Wildman–Crippen LogP) is 5.22. The predicted molar refractivity (Wildman–Crippen MR) is 107 cm³/mol. The highest BCUT2D eigenvalue weighted by atomic mass is 16.5. The molecule has 2 N–H and O–H groups in total. The molecule has 27 heavy (non-hydrogen) atoms. The van der Waals surface area contributed by atoms with Gasteiger partial charge >= 0.3 is 0 Å². The van der Waals surface area contributed by atoms with Crippen LogP contribution in [0.2, 0.25) is 0 Å². The van der Waals surface area contributed by atoms with E-state index in [1.807, 2.05) is 67.6 Å². The van der Waals surface area contributed by atoms with Crippen LogP contribution in [0.3, 0.4) is 0 Å². The molecule has 4 heteroatoms. The van der Waals surface area contributed by atoms with Gasteiger partial charge in [-0.15, -0.1) is 0 Å². The lowest BCUT2D eigenvalue weighted by Crippen LogP contribution is -2.07. The summed E-state index contributed by atoms with van der Waals surface area (Å²) < 4.78 is 12.0. The van der Waals surface area contributed by atoms with Gasteiger partial charge in [-0.2, -0.15) is 5.26 Å². The monoisotopic (exact) mass is 354 g/mol. The second-order valence-corrected chi connectivity index (χ2v) is 6.53. The zero-order chi connectivity index (χ0) is 19.0. The number of benzene rings is 2. The van der Waals surface area contributed by atoms with Crippen LogP contribution < -0.4 is 15.2 Å². The minimum absolute atomic E-state index is 0.615. The number of para-hydroxylation sites is 1. The number of hydrogen-bond donors (Lipinski definition) is 1. The standard InChI is InChI=1S/C23H18N2O2/c1-14-9-17(27-23-10-16(25)7-8-19(14)23)11-18-12-21(15(2)13-24)20-5-3-4-6-22(20)26-18/h3-12H,25H2,1-2H3/b17-11+,21-15+. The van der Waals surface area contributed by atoms with Crippen LogP contribution in [0.1, 0.15) is 25.0 Å². The van der Waals surface area contributed by atoms with Crippen LogP contribution in [0.25, 0.3) is 11.1 Å². The highest BCUT2D eigenvalue weighted by Gasteiger charge is 2.19. The summed E-state index contributed by atoms with van der Waals surface area (Å²) in [6, 6.07) is 15.5. The molecular weight excluding hydrogens is 336 g/mol. The van der Waals surface area contributed by atoms with E-state index in [9.17, 15) is 5.26 Å². The van der Waals surface area contributed by atoms with Gasteiger partial charge in [-0.25, -0.2) is 0 Å². The third kappa shape index (κ3) is 3.11. The summed E-state index contributed by atoms with van der Waals surface area (Å²) in [6.07, 6.45) is 5.66. The van der Waals surface area contributed by atoms with Gasteiger partial charge in [0.15, 0.2) is 0 Å². The number of anilines is 1. The first-order valence-corrected chi connectivity index (χ1v) is 8.63. The van der Waals surface area contributed by atoms with E-state index < -0.39 is 0 Å². The second-order valence-electron chi connectivity index (χ2n) is 6.53. The van der Waals surface area contributed by atoms with Gasteiger partial charge in [-0.05, 0) is 49.8 Å². The van der Waals surface area contributed by atoms with E-state index in [0.29, 0.717) is 22.8 Å². The number of ether oxygens (including phenoxy) is 2. The van der Waals surface area contributed by atoms with Gasteiger partial charge in [0.25, 0.3) is 0 Å². The Labute approximate surface area is 158 Å². The van der Waals surface area contributed by atoms with Crippen molar-refractivity contribution in [1.29, 1.82) is 5.26 Å². The van der Waals surface area contributed by atoms with Crippen molar-refractivity contribution in [2.45, 2.75) is 13.8 Å². The molecular formula is C23H18N2O2. The first-order chi connectivity index (χ1) is 13.0. The van der Waals surface area contributed by atoms with E-state index in [2.05, 4.69) is 6.07 Å². The molecule has 0 saturated heterocycles. The number of hydrogen-bond acceptors (Lipinski definition) is 4. The van der Waals surface area contributed by atoms with Gasteiger partial charge in [0.1, 0.15) is 23.0 Å². The second kappa shape index (κ2) is 6.54.